The number of nitrogens with one attached hydrogen (secondary N) is 1. The van der Waals surface area contributed by atoms with E-state index in [1.807, 2.05) is 6.92 Å². The minimum Gasteiger partial charge on any atom is -0.379 e. The highest BCUT2D eigenvalue weighted by Gasteiger charge is 2.39. The van der Waals surface area contributed by atoms with Gasteiger partial charge in [0.1, 0.15) is 0 Å². The smallest absolute Gasteiger partial charge is 0.232 e. The molecule has 1 aliphatic heterocycles. The SMILES string of the molecule is CCCCSC(C)C(=O)NCC1(N2CCOCC2)CCCCC1. The van der Waals surface area contributed by atoms with Crippen molar-refractivity contribution in [3.05, 3.63) is 0 Å². The Morgan fingerprint density at radius 1 is 1.26 bits per heavy atom. The number of morpholine rings is 1. The predicted molar refractivity (Wildman–Crippen MR) is 98.0 cm³/mol. The summed E-state index contributed by atoms with van der Waals surface area (Å²) < 4.78 is 5.52. The molecule has 1 atom stereocenters. The number of hydrogen-bond donors (Lipinski definition) is 1. The highest BCUT2D eigenvalue weighted by molar-refractivity contribution is 8.00. The molecule has 1 saturated carbocycles. The van der Waals surface area contributed by atoms with E-state index in [-0.39, 0.29) is 16.7 Å². The van der Waals surface area contributed by atoms with Gasteiger partial charge in [-0.1, -0.05) is 32.6 Å². The van der Waals surface area contributed by atoms with Gasteiger partial charge in [0, 0.05) is 25.2 Å². The molecule has 2 rings (SSSR count). The molecule has 1 aliphatic carbocycles. The molecule has 4 nitrogen and oxygen atoms in total. The number of hydrogen-bond acceptors (Lipinski definition) is 4. The lowest BCUT2D eigenvalue weighted by Gasteiger charge is -2.48. The minimum atomic E-state index is 0.0619. The first kappa shape index (κ1) is 19.1. The van der Waals surface area contributed by atoms with Crippen LogP contribution in [0.2, 0.25) is 0 Å². The largest absolute Gasteiger partial charge is 0.379 e. The van der Waals surface area contributed by atoms with Crippen LogP contribution in [-0.2, 0) is 9.53 Å². The van der Waals surface area contributed by atoms with E-state index in [9.17, 15) is 4.79 Å². The number of amides is 1. The second kappa shape index (κ2) is 9.90. The molecule has 0 aromatic carbocycles. The van der Waals surface area contributed by atoms with Gasteiger partial charge in [0.25, 0.3) is 0 Å². The van der Waals surface area contributed by atoms with Gasteiger partial charge in [-0.2, -0.15) is 0 Å². The molecule has 23 heavy (non-hydrogen) atoms. The third-order valence-electron chi connectivity index (χ3n) is 5.29. The summed E-state index contributed by atoms with van der Waals surface area (Å²) >= 11 is 1.78. The Labute approximate surface area is 146 Å². The van der Waals surface area contributed by atoms with E-state index in [2.05, 4.69) is 17.1 Å². The van der Waals surface area contributed by atoms with Crippen LogP contribution in [0.3, 0.4) is 0 Å². The van der Waals surface area contributed by atoms with Crippen molar-refractivity contribution in [3.63, 3.8) is 0 Å². The van der Waals surface area contributed by atoms with Crippen molar-refractivity contribution in [1.29, 1.82) is 0 Å². The summed E-state index contributed by atoms with van der Waals surface area (Å²) in [5.41, 5.74) is 0.172. The van der Waals surface area contributed by atoms with Gasteiger partial charge in [0.05, 0.1) is 18.5 Å². The zero-order chi connectivity index (χ0) is 16.5. The van der Waals surface area contributed by atoms with Gasteiger partial charge in [0.2, 0.25) is 5.91 Å². The molecule has 0 aromatic heterocycles. The van der Waals surface area contributed by atoms with Crippen LogP contribution >= 0.6 is 11.8 Å². The third-order valence-corrected chi connectivity index (χ3v) is 6.53. The molecule has 0 spiro atoms. The normalized spacial score (nSPS) is 23.4. The number of carbonyl (C=O) groups excluding carboxylic acids is 1. The van der Waals surface area contributed by atoms with E-state index in [0.717, 1.165) is 38.6 Å². The van der Waals surface area contributed by atoms with Gasteiger partial charge in [0.15, 0.2) is 0 Å². The van der Waals surface area contributed by atoms with E-state index in [0.29, 0.717) is 0 Å². The van der Waals surface area contributed by atoms with E-state index >= 15 is 0 Å². The quantitative estimate of drug-likeness (QED) is 0.688. The van der Waals surface area contributed by atoms with Crippen LogP contribution in [0.5, 0.6) is 0 Å². The van der Waals surface area contributed by atoms with Gasteiger partial charge in [-0.25, -0.2) is 0 Å². The summed E-state index contributed by atoms with van der Waals surface area (Å²) in [4.78, 5) is 15.0. The predicted octanol–water partition coefficient (Wildman–Crippen LogP) is 3.06. The zero-order valence-corrected chi connectivity index (χ0v) is 15.8. The van der Waals surface area contributed by atoms with Crippen LogP contribution in [-0.4, -0.2) is 60.2 Å². The number of nitrogens with zero attached hydrogens (tertiary/aromatic N) is 1. The number of carbonyl (C=O) groups is 1. The Hall–Kier alpha value is -0.260. The van der Waals surface area contributed by atoms with Crippen LogP contribution in [0.25, 0.3) is 0 Å². The number of unbranched alkanes of at least 4 members (excludes halogenated alkanes) is 1. The summed E-state index contributed by atoms with van der Waals surface area (Å²) in [6.07, 6.45) is 8.72. The average Bonchev–Trinajstić information content (AvgIpc) is 2.61. The number of rotatable bonds is 8. The monoisotopic (exact) mass is 342 g/mol. The fourth-order valence-corrected chi connectivity index (χ4v) is 4.77. The molecule has 1 saturated heterocycles. The summed E-state index contributed by atoms with van der Waals surface area (Å²) in [7, 11) is 0. The second-order valence-corrected chi connectivity index (χ2v) is 8.42. The first-order chi connectivity index (χ1) is 11.2. The molecule has 2 aliphatic rings. The van der Waals surface area contributed by atoms with Crippen molar-refractivity contribution < 1.29 is 9.53 Å². The minimum absolute atomic E-state index is 0.0619. The Morgan fingerprint density at radius 2 is 1.96 bits per heavy atom. The molecule has 0 aromatic rings. The van der Waals surface area contributed by atoms with Crippen LogP contribution in [0.1, 0.15) is 58.8 Å². The number of thioether (sulfide) groups is 1. The Kier molecular flexibility index (Phi) is 8.21. The molecule has 1 unspecified atom stereocenters. The molecule has 0 radical (unpaired) electrons. The Balaban J connectivity index is 1.86. The summed E-state index contributed by atoms with van der Waals surface area (Å²) in [5.74, 6) is 1.30. The van der Waals surface area contributed by atoms with Crippen LogP contribution < -0.4 is 5.32 Å². The average molecular weight is 343 g/mol. The molecule has 1 N–H and O–H groups in total. The van der Waals surface area contributed by atoms with Gasteiger partial charge in [-0.05, 0) is 31.9 Å². The zero-order valence-electron chi connectivity index (χ0n) is 14.9. The van der Waals surface area contributed by atoms with Crippen LogP contribution in [0, 0.1) is 0 Å². The van der Waals surface area contributed by atoms with Gasteiger partial charge in [-0.3, -0.25) is 9.69 Å². The lowest BCUT2D eigenvalue weighted by molar-refractivity contribution is -0.121. The topological polar surface area (TPSA) is 41.6 Å². The van der Waals surface area contributed by atoms with Crippen LogP contribution in [0.15, 0.2) is 0 Å². The fourth-order valence-electron chi connectivity index (χ4n) is 3.73. The molecule has 1 amide bonds. The maximum Gasteiger partial charge on any atom is 0.232 e. The van der Waals surface area contributed by atoms with Gasteiger partial charge in [-0.15, -0.1) is 11.8 Å². The standard InChI is InChI=1S/C18H34N2O2S/c1-3-4-14-23-16(2)17(21)19-15-18(8-6-5-7-9-18)20-10-12-22-13-11-20/h16H,3-15H2,1-2H3,(H,19,21). The Morgan fingerprint density at radius 3 is 2.61 bits per heavy atom. The fraction of sp³-hybridized carbons (Fsp3) is 0.944. The number of ether oxygens (including phenoxy) is 1. The lowest BCUT2D eigenvalue weighted by atomic mass is 9.79. The lowest BCUT2D eigenvalue weighted by Crippen LogP contribution is -2.60. The molecular weight excluding hydrogens is 308 g/mol. The molecule has 5 heteroatoms. The van der Waals surface area contributed by atoms with Crippen molar-refractivity contribution in [2.75, 3.05) is 38.6 Å². The van der Waals surface area contributed by atoms with Crippen molar-refractivity contribution in [2.45, 2.75) is 69.6 Å². The maximum absolute atomic E-state index is 12.4. The first-order valence-corrected chi connectivity index (χ1v) is 10.4. The van der Waals surface area contributed by atoms with Crippen molar-refractivity contribution in [3.8, 4) is 0 Å². The summed E-state index contributed by atoms with van der Waals surface area (Å²) in [6, 6.07) is 0. The molecular formula is C18H34N2O2S. The highest BCUT2D eigenvalue weighted by atomic mass is 32.2. The van der Waals surface area contributed by atoms with Crippen molar-refractivity contribution in [2.24, 2.45) is 0 Å². The summed E-state index contributed by atoms with van der Waals surface area (Å²) in [6.45, 7) is 8.73. The third kappa shape index (κ3) is 5.64. The van der Waals surface area contributed by atoms with Gasteiger partial charge >= 0.3 is 0 Å². The van der Waals surface area contributed by atoms with Gasteiger partial charge < -0.3 is 10.1 Å². The van der Waals surface area contributed by atoms with E-state index in [4.69, 9.17) is 4.74 Å². The van der Waals surface area contributed by atoms with Crippen molar-refractivity contribution >= 4 is 17.7 Å². The maximum atomic E-state index is 12.4. The summed E-state index contributed by atoms with van der Waals surface area (Å²) in [5, 5.41) is 3.34. The highest BCUT2D eigenvalue weighted by Crippen LogP contribution is 2.34. The Bertz CT molecular complexity index is 353. The van der Waals surface area contributed by atoms with Crippen molar-refractivity contribution in [1.82, 2.24) is 10.2 Å². The van der Waals surface area contributed by atoms with E-state index < -0.39 is 0 Å². The first-order valence-electron chi connectivity index (χ1n) is 9.40. The molecule has 1 heterocycles. The van der Waals surface area contributed by atoms with E-state index in [1.165, 1.54) is 44.9 Å². The van der Waals surface area contributed by atoms with E-state index in [1.54, 1.807) is 11.8 Å². The molecule has 2 fully saturated rings. The molecule has 134 valence electrons. The van der Waals surface area contributed by atoms with Crippen LogP contribution in [0.4, 0.5) is 0 Å². The molecule has 0 bridgehead atoms. The second-order valence-electron chi connectivity index (χ2n) is 6.97.